The van der Waals surface area contributed by atoms with Gasteiger partial charge >= 0.3 is 0 Å². The van der Waals surface area contributed by atoms with Gasteiger partial charge in [0.1, 0.15) is 0 Å². The number of hydrogen-bond acceptors (Lipinski definition) is 3. The van der Waals surface area contributed by atoms with E-state index in [9.17, 15) is 4.79 Å². The van der Waals surface area contributed by atoms with Gasteiger partial charge in [0.2, 0.25) is 5.91 Å². The number of carbonyl (C=O) groups excluding carboxylic acids is 1. The third-order valence-electron chi connectivity index (χ3n) is 4.30. The maximum Gasteiger partial charge on any atom is 0.232 e. The molecule has 4 heteroatoms. The molecule has 1 amide bonds. The highest BCUT2D eigenvalue weighted by atomic mass is 32.2. The highest BCUT2D eigenvalue weighted by Crippen LogP contribution is 2.24. The fourth-order valence-electron chi connectivity index (χ4n) is 3.04. The van der Waals surface area contributed by atoms with E-state index in [-0.39, 0.29) is 5.91 Å². The van der Waals surface area contributed by atoms with Crippen LogP contribution >= 0.6 is 11.8 Å². The predicted molar refractivity (Wildman–Crippen MR) is 87.9 cm³/mol. The fourth-order valence-corrected chi connectivity index (χ4v) is 3.81. The SMILES string of the molecule is O=C(CSc1[c]cc(N2CCCC2)cc1)N1CCCCC1. The molecular formula is C17H23N2OS. The Balaban J connectivity index is 1.49. The van der Waals surface area contributed by atoms with E-state index in [4.69, 9.17) is 0 Å². The molecule has 2 fully saturated rings. The van der Waals surface area contributed by atoms with E-state index in [1.807, 2.05) is 4.90 Å². The van der Waals surface area contributed by atoms with E-state index in [0.29, 0.717) is 5.75 Å². The maximum absolute atomic E-state index is 12.1. The number of piperidine rings is 1. The topological polar surface area (TPSA) is 23.6 Å². The third-order valence-corrected chi connectivity index (χ3v) is 5.26. The van der Waals surface area contributed by atoms with E-state index in [1.54, 1.807) is 11.8 Å². The van der Waals surface area contributed by atoms with E-state index in [2.05, 4.69) is 29.2 Å². The molecule has 0 unspecified atom stereocenters. The van der Waals surface area contributed by atoms with Gasteiger partial charge in [0.05, 0.1) is 5.75 Å². The Bertz CT molecular complexity index is 462. The largest absolute Gasteiger partial charge is 0.372 e. The number of likely N-dealkylation sites (tertiary alicyclic amines) is 1. The third kappa shape index (κ3) is 3.94. The minimum absolute atomic E-state index is 0.275. The second kappa shape index (κ2) is 7.21. The molecular weight excluding hydrogens is 280 g/mol. The van der Waals surface area contributed by atoms with Crippen molar-refractivity contribution in [1.82, 2.24) is 4.90 Å². The Morgan fingerprint density at radius 1 is 1.05 bits per heavy atom. The molecule has 0 atom stereocenters. The number of benzene rings is 1. The van der Waals surface area contributed by atoms with E-state index < -0.39 is 0 Å². The van der Waals surface area contributed by atoms with Crippen molar-refractivity contribution in [3.05, 3.63) is 24.3 Å². The second-order valence-electron chi connectivity index (χ2n) is 5.84. The summed E-state index contributed by atoms with van der Waals surface area (Å²) in [6.07, 6.45) is 6.17. The van der Waals surface area contributed by atoms with Crippen LogP contribution in [-0.4, -0.2) is 42.7 Å². The number of hydrogen-bond donors (Lipinski definition) is 0. The summed E-state index contributed by atoms with van der Waals surface area (Å²) in [4.78, 5) is 17.6. The monoisotopic (exact) mass is 303 g/mol. The number of carbonyl (C=O) groups is 1. The normalized spacial score (nSPS) is 19.0. The first kappa shape index (κ1) is 14.8. The predicted octanol–water partition coefficient (Wildman–Crippen LogP) is 3.19. The molecule has 1 aromatic rings. The number of amides is 1. The lowest BCUT2D eigenvalue weighted by atomic mass is 10.1. The number of anilines is 1. The molecule has 0 bridgehead atoms. The maximum atomic E-state index is 12.1. The molecule has 0 saturated carbocycles. The van der Waals surface area contributed by atoms with Crippen LogP contribution in [0.5, 0.6) is 0 Å². The molecule has 1 radical (unpaired) electrons. The van der Waals surface area contributed by atoms with Crippen molar-refractivity contribution in [3.8, 4) is 0 Å². The first-order valence-electron chi connectivity index (χ1n) is 8.00. The summed E-state index contributed by atoms with van der Waals surface area (Å²) in [6, 6.07) is 9.65. The Kier molecular flexibility index (Phi) is 5.07. The lowest BCUT2D eigenvalue weighted by Gasteiger charge is -2.26. The number of thioether (sulfide) groups is 1. The van der Waals surface area contributed by atoms with Gasteiger partial charge in [0.25, 0.3) is 0 Å². The molecule has 21 heavy (non-hydrogen) atoms. The first-order chi connectivity index (χ1) is 10.3. The van der Waals surface area contributed by atoms with Crippen LogP contribution in [0.1, 0.15) is 32.1 Å². The van der Waals surface area contributed by atoms with Gasteiger partial charge < -0.3 is 9.80 Å². The molecule has 3 nitrogen and oxygen atoms in total. The molecule has 2 saturated heterocycles. The van der Waals surface area contributed by atoms with Crippen molar-refractivity contribution >= 4 is 23.4 Å². The summed E-state index contributed by atoms with van der Waals surface area (Å²) in [5.74, 6) is 0.816. The lowest BCUT2D eigenvalue weighted by Crippen LogP contribution is -2.36. The van der Waals surface area contributed by atoms with Gasteiger partial charge in [-0.15, -0.1) is 11.8 Å². The summed E-state index contributed by atoms with van der Waals surface area (Å²) in [6.45, 7) is 4.20. The highest BCUT2D eigenvalue weighted by molar-refractivity contribution is 8.00. The van der Waals surface area contributed by atoms with Crippen molar-refractivity contribution in [2.24, 2.45) is 0 Å². The Morgan fingerprint density at radius 3 is 2.43 bits per heavy atom. The fraction of sp³-hybridized carbons (Fsp3) is 0.588. The molecule has 1 aromatic carbocycles. The molecule has 0 N–H and O–H groups in total. The van der Waals surface area contributed by atoms with E-state index in [0.717, 1.165) is 43.9 Å². The summed E-state index contributed by atoms with van der Waals surface area (Å²) >= 11 is 1.61. The zero-order chi connectivity index (χ0) is 14.5. The highest BCUT2D eigenvalue weighted by Gasteiger charge is 2.16. The van der Waals surface area contributed by atoms with Crippen molar-refractivity contribution in [3.63, 3.8) is 0 Å². The van der Waals surface area contributed by atoms with Gasteiger partial charge in [-0.05, 0) is 56.4 Å². The molecule has 3 rings (SSSR count). The van der Waals surface area contributed by atoms with Gasteiger partial charge in [-0.1, -0.05) is 0 Å². The van der Waals surface area contributed by atoms with Crippen LogP contribution < -0.4 is 4.90 Å². The Hall–Kier alpha value is -1.16. The summed E-state index contributed by atoms with van der Waals surface area (Å²) in [7, 11) is 0. The smallest absolute Gasteiger partial charge is 0.232 e. The second-order valence-corrected chi connectivity index (χ2v) is 6.85. The van der Waals surface area contributed by atoms with E-state index >= 15 is 0 Å². The Morgan fingerprint density at radius 2 is 1.76 bits per heavy atom. The van der Waals surface area contributed by atoms with Crippen LogP contribution in [0.3, 0.4) is 0 Å². The molecule has 0 aromatic heterocycles. The lowest BCUT2D eigenvalue weighted by molar-refractivity contribution is -0.129. The molecule has 2 aliphatic heterocycles. The molecule has 2 heterocycles. The quantitative estimate of drug-likeness (QED) is 0.798. The summed E-state index contributed by atoms with van der Waals surface area (Å²) < 4.78 is 0. The molecule has 113 valence electrons. The van der Waals surface area contributed by atoms with Crippen LogP contribution in [0.25, 0.3) is 0 Å². The van der Waals surface area contributed by atoms with Crippen LogP contribution in [-0.2, 0) is 4.79 Å². The zero-order valence-corrected chi connectivity index (χ0v) is 13.3. The van der Waals surface area contributed by atoms with Gasteiger partial charge in [-0.25, -0.2) is 0 Å². The van der Waals surface area contributed by atoms with Crippen LogP contribution in [0.4, 0.5) is 5.69 Å². The molecule has 0 spiro atoms. The van der Waals surface area contributed by atoms with Gasteiger partial charge in [-0.2, -0.15) is 0 Å². The van der Waals surface area contributed by atoms with Crippen molar-refractivity contribution in [2.75, 3.05) is 36.8 Å². The van der Waals surface area contributed by atoms with Crippen molar-refractivity contribution in [2.45, 2.75) is 37.0 Å². The Labute approximate surface area is 131 Å². The van der Waals surface area contributed by atoms with Gasteiger partial charge in [0, 0.05) is 36.8 Å². The van der Waals surface area contributed by atoms with Crippen LogP contribution in [0, 0.1) is 6.07 Å². The zero-order valence-electron chi connectivity index (χ0n) is 12.5. The van der Waals surface area contributed by atoms with Crippen molar-refractivity contribution < 1.29 is 4.79 Å². The molecule has 2 aliphatic rings. The minimum Gasteiger partial charge on any atom is -0.372 e. The van der Waals surface area contributed by atoms with Crippen molar-refractivity contribution in [1.29, 1.82) is 0 Å². The van der Waals surface area contributed by atoms with E-state index in [1.165, 1.54) is 24.9 Å². The van der Waals surface area contributed by atoms with Gasteiger partial charge in [-0.3, -0.25) is 4.79 Å². The first-order valence-corrected chi connectivity index (χ1v) is 8.99. The number of rotatable bonds is 4. The van der Waals surface area contributed by atoms with Crippen LogP contribution in [0.2, 0.25) is 0 Å². The standard InChI is InChI=1S/C17H23N2OS/c20-17(19-12-2-1-3-13-19)14-21-16-8-6-15(7-9-16)18-10-4-5-11-18/h6-8H,1-5,10-14H2. The summed E-state index contributed by atoms with van der Waals surface area (Å²) in [5.41, 5.74) is 1.26. The average molecular weight is 303 g/mol. The number of nitrogens with zero attached hydrogens (tertiary/aromatic N) is 2. The average Bonchev–Trinajstić information content (AvgIpc) is 3.08. The van der Waals surface area contributed by atoms with Gasteiger partial charge in [0.15, 0.2) is 0 Å². The molecule has 0 aliphatic carbocycles. The van der Waals surface area contributed by atoms with Crippen LogP contribution in [0.15, 0.2) is 23.1 Å². The summed E-state index contributed by atoms with van der Waals surface area (Å²) in [5, 5.41) is 0. The minimum atomic E-state index is 0.275.